The maximum Gasteiger partial charge on any atom is 0.0864 e. The number of aliphatic imine (C=N–C) groups is 1. The molecule has 0 aromatic heterocycles. The highest BCUT2D eigenvalue weighted by atomic mass is 15.0. The fourth-order valence-corrected chi connectivity index (χ4v) is 2.68. The van der Waals surface area contributed by atoms with Gasteiger partial charge in [0.05, 0.1) is 12.1 Å². The van der Waals surface area contributed by atoms with Crippen molar-refractivity contribution in [1.82, 2.24) is 5.32 Å². The van der Waals surface area contributed by atoms with Gasteiger partial charge in [-0.15, -0.1) is 0 Å². The molecule has 0 amide bonds. The topological polar surface area (TPSA) is 24.4 Å². The molecule has 2 aliphatic carbocycles. The molecule has 0 aliphatic heterocycles. The second kappa shape index (κ2) is 6.04. The van der Waals surface area contributed by atoms with Gasteiger partial charge in [0, 0.05) is 0 Å². The summed E-state index contributed by atoms with van der Waals surface area (Å²) in [6.45, 7) is 11.7. The molecule has 1 N–H and O–H groups in total. The molecule has 0 bridgehead atoms. The van der Waals surface area contributed by atoms with E-state index in [2.05, 4.69) is 56.0 Å². The molecule has 0 spiro atoms. The van der Waals surface area contributed by atoms with Crippen LogP contribution in [0.4, 0.5) is 0 Å². The molecule has 0 aromatic carbocycles. The summed E-state index contributed by atoms with van der Waals surface area (Å²) < 4.78 is 0. The number of hydrogen-bond acceptors (Lipinski definition) is 2. The lowest BCUT2D eigenvalue weighted by Crippen LogP contribution is -2.42. The first-order valence-electron chi connectivity index (χ1n) is 7.66. The van der Waals surface area contributed by atoms with Crippen LogP contribution in [0.2, 0.25) is 0 Å². The summed E-state index contributed by atoms with van der Waals surface area (Å²) in [5, 5.41) is 3.69. The standard InChI is InChI=1S/C17H28N2/c1-5-17(2,3)14-9-10-15(18-4)16(11-14)19-12-13-7-6-8-13/h9-11,13,15-16,19H,4-8,12H2,1-3H3. The molecule has 2 atom stereocenters. The van der Waals surface area contributed by atoms with Crippen molar-refractivity contribution in [2.75, 3.05) is 6.54 Å². The van der Waals surface area contributed by atoms with Crippen LogP contribution in [0.3, 0.4) is 0 Å². The lowest BCUT2D eigenvalue weighted by Gasteiger charge is -2.33. The summed E-state index contributed by atoms with van der Waals surface area (Å²) >= 11 is 0. The van der Waals surface area contributed by atoms with E-state index in [1.54, 1.807) is 0 Å². The van der Waals surface area contributed by atoms with Gasteiger partial charge in [-0.1, -0.05) is 45.4 Å². The maximum atomic E-state index is 4.25. The molecule has 0 heterocycles. The molecule has 0 radical (unpaired) electrons. The molecule has 1 fully saturated rings. The summed E-state index contributed by atoms with van der Waals surface area (Å²) in [5.41, 5.74) is 1.68. The maximum absolute atomic E-state index is 4.25. The zero-order valence-corrected chi connectivity index (χ0v) is 12.7. The Morgan fingerprint density at radius 1 is 1.42 bits per heavy atom. The Labute approximate surface area is 118 Å². The van der Waals surface area contributed by atoms with Gasteiger partial charge in [-0.2, -0.15) is 0 Å². The minimum Gasteiger partial charge on any atom is -0.308 e. The third kappa shape index (κ3) is 3.36. The SMILES string of the molecule is C=NC1C=CC(C(C)(C)CC)=CC1NCC1CCC1. The fraction of sp³-hybridized carbons (Fsp3) is 0.706. The van der Waals surface area contributed by atoms with Crippen molar-refractivity contribution in [3.8, 4) is 0 Å². The molecule has 1 saturated carbocycles. The first-order chi connectivity index (χ1) is 9.06. The van der Waals surface area contributed by atoms with Crippen molar-refractivity contribution >= 4 is 6.72 Å². The lowest BCUT2D eigenvalue weighted by molar-refractivity contribution is 0.292. The molecule has 2 heteroatoms. The van der Waals surface area contributed by atoms with Crippen molar-refractivity contribution in [2.45, 2.75) is 58.5 Å². The number of nitrogens with zero attached hydrogens (tertiary/aromatic N) is 1. The van der Waals surface area contributed by atoms with Crippen LogP contribution in [0.5, 0.6) is 0 Å². The van der Waals surface area contributed by atoms with Gasteiger partial charge in [-0.05, 0) is 49.4 Å². The van der Waals surface area contributed by atoms with Gasteiger partial charge in [-0.25, -0.2) is 0 Å². The van der Waals surface area contributed by atoms with E-state index >= 15 is 0 Å². The quantitative estimate of drug-likeness (QED) is 0.723. The predicted octanol–water partition coefficient (Wildman–Crippen LogP) is 3.75. The van der Waals surface area contributed by atoms with E-state index in [1.807, 2.05) is 0 Å². The normalized spacial score (nSPS) is 27.8. The van der Waals surface area contributed by atoms with E-state index in [9.17, 15) is 0 Å². The van der Waals surface area contributed by atoms with Crippen LogP contribution >= 0.6 is 0 Å². The Hall–Kier alpha value is -0.890. The number of rotatable bonds is 6. The molecule has 106 valence electrons. The van der Waals surface area contributed by atoms with Crippen LogP contribution in [-0.2, 0) is 0 Å². The Morgan fingerprint density at radius 3 is 2.68 bits per heavy atom. The van der Waals surface area contributed by atoms with Crippen molar-refractivity contribution < 1.29 is 0 Å². The van der Waals surface area contributed by atoms with Gasteiger partial charge < -0.3 is 5.32 Å². The summed E-state index contributed by atoms with van der Waals surface area (Å²) in [5.74, 6) is 0.882. The molecule has 2 nitrogen and oxygen atoms in total. The minimum absolute atomic E-state index is 0.191. The van der Waals surface area contributed by atoms with Crippen molar-refractivity contribution in [3.05, 3.63) is 23.8 Å². The van der Waals surface area contributed by atoms with E-state index in [1.165, 1.54) is 24.8 Å². The minimum atomic E-state index is 0.191. The van der Waals surface area contributed by atoms with Crippen LogP contribution in [0.1, 0.15) is 46.5 Å². The van der Waals surface area contributed by atoms with Crippen LogP contribution in [-0.4, -0.2) is 25.3 Å². The molecule has 2 aliphatic rings. The van der Waals surface area contributed by atoms with E-state index < -0.39 is 0 Å². The second-order valence-electron chi connectivity index (χ2n) is 6.62. The summed E-state index contributed by atoms with van der Waals surface area (Å²) in [4.78, 5) is 4.25. The average molecular weight is 260 g/mol. The van der Waals surface area contributed by atoms with Crippen molar-refractivity contribution in [1.29, 1.82) is 0 Å². The molecule has 2 rings (SSSR count). The van der Waals surface area contributed by atoms with Gasteiger partial charge in [0.1, 0.15) is 0 Å². The zero-order chi connectivity index (χ0) is 13.9. The highest BCUT2D eigenvalue weighted by Gasteiger charge is 2.27. The summed E-state index contributed by atoms with van der Waals surface area (Å²) in [6, 6.07) is 0.514. The van der Waals surface area contributed by atoms with Gasteiger partial charge >= 0.3 is 0 Å². The average Bonchev–Trinajstić information content (AvgIpc) is 2.36. The smallest absolute Gasteiger partial charge is 0.0864 e. The first kappa shape index (κ1) is 14.5. The number of nitrogens with one attached hydrogen (secondary N) is 1. The van der Waals surface area contributed by atoms with E-state index in [-0.39, 0.29) is 11.5 Å². The Balaban J connectivity index is 2.03. The first-order valence-corrected chi connectivity index (χ1v) is 7.66. The van der Waals surface area contributed by atoms with Gasteiger partial charge in [0.15, 0.2) is 0 Å². The monoisotopic (exact) mass is 260 g/mol. The third-order valence-corrected chi connectivity index (χ3v) is 4.94. The Kier molecular flexibility index (Phi) is 4.62. The van der Waals surface area contributed by atoms with Gasteiger partial charge in [0.25, 0.3) is 0 Å². The van der Waals surface area contributed by atoms with Gasteiger partial charge in [0.2, 0.25) is 0 Å². The summed E-state index contributed by atoms with van der Waals surface area (Å²) in [7, 11) is 0. The predicted molar refractivity (Wildman–Crippen MR) is 83.8 cm³/mol. The van der Waals surface area contributed by atoms with Crippen LogP contribution < -0.4 is 5.32 Å². The fourth-order valence-electron chi connectivity index (χ4n) is 2.68. The van der Waals surface area contributed by atoms with E-state index in [0.29, 0.717) is 6.04 Å². The molecule has 2 unspecified atom stereocenters. The van der Waals surface area contributed by atoms with Gasteiger partial charge in [-0.3, -0.25) is 4.99 Å². The van der Waals surface area contributed by atoms with E-state index in [4.69, 9.17) is 0 Å². The van der Waals surface area contributed by atoms with E-state index in [0.717, 1.165) is 18.9 Å². The van der Waals surface area contributed by atoms with Crippen LogP contribution in [0.25, 0.3) is 0 Å². The molecular weight excluding hydrogens is 232 g/mol. The number of allylic oxidation sites excluding steroid dienone is 2. The molecule has 19 heavy (non-hydrogen) atoms. The van der Waals surface area contributed by atoms with Crippen LogP contribution in [0, 0.1) is 11.3 Å². The Bertz CT molecular complexity index is 375. The van der Waals surface area contributed by atoms with Crippen molar-refractivity contribution in [2.24, 2.45) is 16.3 Å². The largest absolute Gasteiger partial charge is 0.308 e. The zero-order valence-electron chi connectivity index (χ0n) is 12.7. The molecule has 0 aromatic rings. The third-order valence-electron chi connectivity index (χ3n) is 4.94. The highest BCUT2D eigenvalue weighted by molar-refractivity contribution is 5.36. The summed E-state index contributed by atoms with van der Waals surface area (Å²) in [6.07, 6.45) is 12.2. The van der Waals surface area contributed by atoms with Crippen molar-refractivity contribution in [3.63, 3.8) is 0 Å². The molecular formula is C17H28N2. The number of hydrogen-bond donors (Lipinski definition) is 1. The lowest BCUT2D eigenvalue weighted by atomic mass is 9.78. The highest BCUT2D eigenvalue weighted by Crippen LogP contribution is 2.34. The second-order valence-corrected chi connectivity index (χ2v) is 6.62. The van der Waals surface area contributed by atoms with Crippen LogP contribution in [0.15, 0.2) is 28.8 Å². The Morgan fingerprint density at radius 2 is 2.16 bits per heavy atom. The molecule has 0 saturated heterocycles.